The van der Waals surface area contributed by atoms with E-state index < -0.39 is 173 Å². The lowest BCUT2D eigenvalue weighted by Gasteiger charge is -2.42. The van der Waals surface area contributed by atoms with Crippen LogP contribution in [0.25, 0.3) is 0 Å². The minimum atomic E-state index is -1.50. The van der Waals surface area contributed by atoms with E-state index >= 15 is 0 Å². The second-order valence-corrected chi connectivity index (χ2v) is 27.9. The van der Waals surface area contributed by atoms with Crippen molar-refractivity contribution in [3.8, 4) is 0 Å². The summed E-state index contributed by atoms with van der Waals surface area (Å²) in [6, 6.07) is -4.27. The molecule has 0 aliphatic carbocycles. The van der Waals surface area contributed by atoms with Crippen molar-refractivity contribution in [2.45, 2.75) is 215 Å². The second-order valence-electron chi connectivity index (χ2n) is 27.4. The third kappa shape index (κ3) is 28.2. The van der Waals surface area contributed by atoms with Crippen LogP contribution in [0.1, 0.15) is 64.0 Å². The van der Waals surface area contributed by atoms with Crippen LogP contribution in [0.3, 0.4) is 0 Å². The van der Waals surface area contributed by atoms with Crippen molar-refractivity contribution in [3.05, 3.63) is 41.9 Å². The number of nitrogens with one attached hydrogen (secondary N) is 4. The van der Waals surface area contributed by atoms with Gasteiger partial charge in [0.05, 0.1) is 168 Å². The molecule has 0 spiro atoms. The van der Waals surface area contributed by atoms with Gasteiger partial charge >= 0.3 is 0 Å². The molecule has 4 saturated heterocycles. The number of carbonyl (C=O) groups is 4. The van der Waals surface area contributed by atoms with Gasteiger partial charge < -0.3 is 144 Å². The maximum atomic E-state index is 14.6. The molecule has 0 bridgehead atoms. The number of aliphatic hydroxyl groups is 12. The van der Waals surface area contributed by atoms with Crippen LogP contribution in [0.5, 0.6) is 0 Å². The number of aromatic nitrogens is 12. The molecule has 16 N–H and O–H groups in total. The van der Waals surface area contributed by atoms with Crippen LogP contribution in [0, 0.1) is 5.92 Å². The Labute approximate surface area is 655 Å². The van der Waals surface area contributed by atoms with Crippen LogP contribution >= 0.6 is 12.6 Å². The summed E-state index contributed by atoms with van der Waals surface area (Å²) in [6.07, 6.45) is -12.2. The summed E-state index contributed by atoms with van der Waals surface area (Å²) in [5.41, 5.74) is 1.63. The Morgan fingerprint density at radius 1 is 0.460 bits per heavy atom. The lowest BCUT2D eigenvalue weighted by molar-refractivity contribution is -0.284. The molecule has 46 nitrogen and oxygen atoms in total. The van der Waals surface area contributed by atoms with E-state index in [1.54, 1.807) is 50.7 Å². The Morgan fingerprint density at radius 2 is 0.805 bits per heavy atom. The molecule has 640 valence electrons. The van der Waals surface area contributed by atoms with E-state index in [4.69, 9.17) is 56.8 Å². The van der Waals surface area contributed by atoms with Crippen LogP contribution in [-0.2, 0) is 122 Å². The molecular weight excluding hydrogens is 1520 g/mol. The molecule has 4 aromatic heterocycles. The van der Waals surface area contributed by atoms with Gasteiger partial charge in [0.25, 0.3) is 0 Å². The van der Waals surface area contributed by atoms with E-state index in [1.807, 2.05) is 0 Å². The van der Waals surface area contributed by atoms with Crippen LogP contribution < -0.4 is 26.2 Å². The number of anilines is 1. The van der Waals surface area contributed by atoms with Gasteiger partial charge in [-0.05, 0) is 25.8 Å². The molecule has 0 unspecified atom stereocenters. The molecule has 8 heterocycles. The predicted octanol–water partition coefficient (Wildman–Crippen LogP) is -9.61. The topological polar surface area (TPSA) is 599 Å². The normalized spacial score (nSPS) is 28.3. The number of unbranched alkanes of at least 4 members (excludes halogenated alkanes) is 1. The molecule has 113 heavy (non-hydrogen) atoms. The van der Waals surface area contributed by atoms with Crippen molar-refractivity contribution in [2.75, 3.05) is 129 Å². The van der Waals surface area contributed by atoms with Crippen molar-refractivity contribution in [3.63, 3.8) is 0 Å². The van der Waals surface area contributed by atoms with E-state index in [0.717, 1.165) is 0 Å². The van der Waals surface area contributed by atoms with Crippen LogP contribution in [0.2, 0.25) is 0 Å². The molecule has 4 amide bonds. The first-order valence-corrected chi connectivity index (χ1v) is 38.1. The first kappa shape index (κ1) is 92.1. The van der Waals surface area contributed by atoms with Crippen molar-refractivity contribution < 1.29 is 137 Å². The highest BCUT2D eigenvalue weighted by Gasteiger charge is 2.49. The molecule has 21 atom stereocenters. The Bertz CT molecular complexity index is 3310. The zero-order valence-corrected chi connectivity index (χ0v) is 64.4. The third-order valence-corrected chi connectivity index (χ3v) is 19.0. The maximum Gasteiger partial charge on any atom is 0.242 e. The zero-order valence-electron chi connectivity index (χ0n) is 63.5. The quantitative estimate of drug-likeness (QED) is 0.0144. The molecule has 4 aromatic rings. The number of nitrogens with zero attached hydrogens (tertiary/aromatic N) is 14. The highest BCUT2D eigenvalue weighted by molar-refractivity contribution is 7.80. The van der Waals surface area contributed by atoms with Gasteiger partial charge in [0.15, 0.2) is 31.0 Å². The SMILES string of the molecule is CC(=O)N[C@H]1[C@H](OCCOCCn2cc(CN(CCCC[C@@H](C(=O)NCCS)N(Cc3cn(CCOCCO[C@@H]4O[C@H](CO)[C@H](O)[C@H](O)[C@H]4C)nn3)c3cn(CCOCCO[C@@H]4O[C@H](CO)[C@H](O)[C@H](O)[C@H]4NC(C)=O)nn3)Cc3cn(CCOCCO[C@@H]4O[C@H](CO)[C@H](O)[C@H](O)[C@H]4NC(C)=O)nn3)nn2)O[C@H](CO)[C@H](O)[C@@H]1O. The first-order chi connectivity index (χ1) is 54.4. The Balaban J connectivity index is 0.923. The summed E-state index contributed by atoms with van der Waals surface area (Å²) in [4.78, 5) is 54.3. The van der Waals surface area contributed by atoms with Crippen molar-refractivity contribution in [1.29, 1.82) is 0 Å². The number of carbonyl (C=O) groups excluding carboxylic acids is 4. The number of rotatable bonds is 51. The first-order valence-electron chi connectivity index (χ1n) is 37.5. The predicted molar refractivity (Wildman–Crippen MR) is 385 cm³/mol. The monoisotopic (exact) mass is 1640 g/mol. The summed E-state index contributed by atoms with van der Waals surface area (Å²) in [7, 11) is 0. The highest BCUT2D eigenvalue weighted by Crippen LogP contribution is 2.29. The van der Waals surface area contributed by atoms with E-state index in [1.165, 1.54) is 25.5 Å². The van der Waals surface area contributed by atoms with Crippen molar-refractivity contribution >= 4 is 42.1 Å². The van der Waals surface area contributed by atoms with Gasteiger partial charge in [0.1, 0.15) is 97.0 Å². The summed E-state index contributed by atoms with van der Waals surface area (Å²) in [6.45, 7) is 6.04. The molecule has 8 rings (SSSR count). The second kappa shape index (κ2) is 47.7. The number of thiol groups is 1. The average Bonchev–Trinajstić information content (AvgIpc) is 1.79. The molecule has 0 aromatic carbocycles. The van der Waals surface area contributed by atoms with Crippen LogP contribution in [0.4, 0.5) is 5.82 Å². The van der Waals surface area contributed by atoms with Crippen LogP contribution in [-0.4, -0.2) is 397 Å². The summed E-state index contributed by atoms with van der Waals surface area (Å²) in [5, 5.41) is 169. The highest BCUT2D eigenvalue weighted by atomic mass is 32.1. The summed E-state index contributed by atoms with van der Waals surface area (Å²) in [5.74, 6) is -1.79. The van der Waals surface area contributed by atoms with E-state index in [9.17, 15) is 80.5 Å². The van der Waals surface area contributed by atoms with Crippen LogP contribution in [0.15, 0.2) is 24.8 Å². The number of aliphatic hydroxyl groups excluding tert-OH is 12. The fourth-order valence-electron chi connectivity index (χ4n) is 12.9. The Hall–Kier alpha value is -6.41. The maximum absolute atomic E-state index is 14.6. The lowest BCUT2D eigenvalue weighted by atomic mass is 9.92. The standard InChI is InChI=1S/C66H112N18O28S/c1-38-54(92)55(93)46(34-85)109-63(38)105-22-18-101-16-12-82-31-44(73-77-82)32-84(50-33-83(78-74-50)13-17-104-21-25-108-66-53(70-41(4)91)61(99)58(96)49(37-88)112-66)45(62(100)67-8-26-113)7-5-6-9-79(27-42-29-80(75-71-42)10-14-102-19-23-106-64-51(68-39(2)89)59(97)56(94)47(35-86)110-64)28-43-30-81(76-72-43)11-15-103-20-24-107-65-52(69-40(3)90)60(98)57(95)48(36-87)111-65/h29-31,33,38,45-49,51-61,63-66,85-88,92-99,113H,5-28,32,34-37H2,1-4H3,(H,67,100)(H,68,89)(H,69,90)(H,70,91)/t38-,45+,46-,47-,48-,49-,51-,52-,53-,54-,55+,56+,57+,58+,59-,60-,61-,63-,64-,65-,66-/m1/s1. The van der Waals surface area contributed by atoms with E-state index in [0.29, 0.717) is 48.0 Å². The third-order valence-electron chi connectivity index (χ3n) is 18.8. The summed E-state index contributed by atoms with van der Waals surface area (Å²) < 4.78 is 75.4. The van der Waals surface area contributed by atoms with Crippen molar-refractivity contribution in [1.82, 2.24) is 86.1 Å². The molecule has 4 aliphatic heterocycles. The molecule has 4 aliphatic rings. The Morgan fingerprint density at radius 3 is 1.18 bits per heavy atom. The van der Waals surface area contributed by atoms with E-state index in [-0.39, 0.29) is 144 Å². The molecular formula is C66H112N18O28S. The van der Waals surface area contributed by atoms with Gasteiger partial charge in [-0.3, -0.25) is 24.1 Å². The molecule has 47 heteroatoms. The zero-order chi connectivity index (χ0) is 81.5. The summed E-state index contributed by atoms with van der Waals surface area (Å²) >= 11 is 4.39. The average molecular weight is 1640 g/mol. The smallest absolute Gasteiger partial charge is 0.242 e. The molecule has 4 fully saturated rings. The fourth-order valence-corrected chi connectivity index (χ4v) is 13.0. The Kier molecular flexibility index (Phi) is 38.9. The fraction of sp³-hybridized carbons (Fsp3) is 0.818. The number of hydrogen-bond acceptors (Lipinski definition) is 39. The van der Waals surface area contributed by atoms with E-state index in [2.05, 4.69) is 80.0 Å². The van der Waals surface area contributed by atoms with Gasteiger partial charge in [0.2, 0.25) is 23.6 Å². The number of ether oxygens (including phenoxy) is 12. The van der Waals surface area contributed by atoms with Crippen molar-refractivity contribution in [2.24, 2.45) is 5.92 Å². The largest absolute Gasteiger partial charge is 0.394 e. The number of amides is 4. The van der Waals surface area contributed by atoms with Gasteiger partial charge in [-0.2, -0.15) is 12.6 Å². The number of hydrogen-bond donors (Lipinski definition) is 17. The van der Waals surface area contributed by atoms with Gasteiger partial charge in [-0.15, -0.1) is 20.4 Å². The van der Waals surface area contributed by atoms with Gasteiger partial charge in [0, 0.05) is 64.5 Å². The lowest BCUT2D eigenvalue weighted by Crippen LogP contribution is -2.64. The van der Waals surface area contributed by atoms with Gasteiger partial charge in [-0.1, -0.05) is 27.8 Å². The van der Waals surface area contributed by atoms with Gasteiger partial charge in [-0.25, -0.2) is 18.7 Å². The molecule has 0 saturated carbocycles. The minimum absolute atomic E-state index is 0.0131. The molecule has 0 radical (unpaired) electrons. The minimum Gasteiger partial charge on any atom is -0.394 e.